The summed E-state index contributed by atoms with van der Waals surface area (Å²) >= 11 is 6.18. The Balaban J connectivity index is 1.54. The van der Waals surface area contributed by atoms with Crippen LogP contribution in [0.1, 0.15) is 16.7 Å². The van der Waals surface area contributed by atoms with E-state index in [0.29, 0.717) is 31.1 Å². The molecule has 0 fully saturated rings. The zero-order valence-corrected chi connectivity index (χ0v) is 15.2. The van der Waals surface area contributed by atoms with E-state index < -0.39 is 0 Å². The Morgan fingerprint density at radius 2 is 1.46 bits per heavy atom. The van der Waals surface area contributed by atoms with Gasteiger partial charge in [-0.2, -0.15) is 0 Å². The van der Waals surface area contributed by atoms with Crippen molar-refractivity contribution in [3.05, 3.63) is 100 Å². The van der Waals surface area contributed by atoms with E-state index in [1.807, 2.05) is 60.7 Å². The van der Waals surface area contributed by atoms with Gasteiger partial charge in [-0.3, -0.25) is 0 Å². The third-order valence-electron chi connectivity index (χ3n) is 4.16. The third kappa shape index (κ3) is 5.07. The highest BCUT2D eigenvalue weighted by Gasteiger charge is 2.06. The molecule has 0 spiro atoms. The molecule has 4 heteroatoms. The highest BCUT2D eigenvalue weighted by Crippen LogP contribution is 2.22. The Kier molecular flexibility index (Phi) is 6.64. The van der Waals surface area contributed by atoms with E-state index in [2.05, 4.69) is 5.32 Å². The quantitative estimate of drug-likeness (QED) is 0.537. The lowest BCUT2D eigenvalue weighted by molar-refractivity contribution is 0.302. The van der Waals surface area contributed by atoms with Crippen LogP contribution >= 0.6 is 11.6 Å². The van der Waals surface area contributed by atoms with Crippen LogP contribution in [0.4, 0.5) is 4.39 Å². The molecule has 1 N–H and O–H groups in total. The Bertz CT molecular complexity index is 853. The molecule has 0 aromatic heterocycles. The normalized spacial score (nSPS) is 10.7. The number of rotatable bonds is 8. The van der Waals surface area contributed by atoms with Crippen LogP contribution in [-0.4, -0.2) is 6.54 Å². The standard InChI is InChI=1S/C22H21ClFNO/c23-20-10-4-1-9-19(20)16-26-22-12-6-3-8-18(22)15-25-14-13-17-7-2-5-11-21(17)24/h1-12,25H,13-16H2. The highest BCUT2D eigenvalue weighted by atomic mass is 35.5. The maximum Gasteiger partial charge on any atom is 0.126 e. The lowest BCUT2D eigenvalue weighted by atomic mass is 10.1. The number of nitrogens with one attached hydrogen (secondary N) is 1. The zero-order valence-electron chi connectivity index (χ0n) is 14.4. The van der Waals surface area contributed by atoms with E-state index in [-0.39, 0.29) is 5.82 Å². The summed E-state index contributed by atoms with van der Waals surface area (Å²) in [5, 5.41) is 4.06. The van der Waals surface area contributed by atoms with Crippen LogP contribution in [0.3, 0.4) is 0 Å². The smallest absolute Gasteiger partial charge is 0.126 e. The van der Waals surface area contributed by atoms with Gasteiger partial charge in [0.2, 0.25) is 0 Å². The van der Waals surface area contributed by atoms with E-state index in [4.69, 9.17) is 16.3 Å². The van der Waals surface area contributed by atoms with Crippen LogP contribution in [-0.2, 0) is 19.6 Å². The molecule has 0 aliphatic rings. The van der Waals surface area contributed by atoms with Crippen molar-refractivity contribution in [1.82, 2.24) is 5.32 Å². The van der Waals surface area contributed by atoms with Crippen LogP contribution in [0.15, 0.2) is 72.8 Å². The zero-order chi connectivity index (χ0) is 18.2. The first kappa shape index (κ1) is 18.4. The first-order valence-electron chi connectivity index (χ1n) is 8.62. The molecular weight excluding hydrogens is 349 g/mol. The molecule has 2 nitrogen and oxygen atoms in total. The van der Waals surface area contributed by atoms with Gasteiger partial charge in [0.1, 0.15) is 18.2 Å². The van der Waals surface area contributed by atoms with Crippen LogP contribution in [0.5, 0.6) is 5.75 Å². The number of benzene rings is 3. The molecule has 0 aliphatic heterocycles. The van der Waals surface area contributed by atoms with E-state index in [9.17, 15) is 4.39 Å². The van der Waals surface area contributed by atoms with Crippen molar-refractivity contribution >= 4 is 11.6 Å². The van der Waals surface area contributed by atoms with Crippen molar-refractivity contribution in [2.24, 2.45) is 0 Å². The number of hydrogen-bond acceptors (Lipinski definition) is 2. The number of ether oxygens (including phenoxy) is 1. The average molecular weight is 370 g/mol. The summed E-state index contributed by atoms with van der Waals surface area (Å²) in [5.74, 6) is 0.670. The fourth-order valence-electron chi connectivity index (χ4n) is 2.71. The molecule has 0 bridgehead atoms. The predicted molar refractivity (Wildman–Crippen MR) is 104 cm³/mol. The third-order valence-corrected chi connectivity index (χ3v) is 4.53. The van der Waals surface area contributed by atoms with Crippen molar-refractivity contribution < 1.29 is 9.13 Å². The van der Waals surface area contributed by atoms with Crippen LogP contribution < -0.4 is 10.1 Å². The Labute approximate surface area is 158 Å². The van der Waals surface area contributed by atoms with Gasteiger partial charge in [-0.25, -0.2) is 4.39 Å². The highest BCUT2D eigenvalue weighted by molar-refractivity contribution is 6.31. The maximum atomic E-state index is 13.6. The molecule has 0 amide bonds. The second-order valence-corrected chi connectivity index (χ2v) is 6.41. The monoisotopic (exact) mass is 369 g/mol. The topological polar surface area (TPSA) is 21.3 Å². The summed E-state index contributed by atoms with van der Waals surface area (Å²) in [4.78, 5) is 0. The molecule has 0 saturated carbocycles. The molecule has 3 aromatic rings. The average Bonchev–Trinajstić information content (AvgIpc) is 2.67. The van der Waals surface area contributed by atoms with Gasteiger partial charge in [0.15, 0.2) is 0 Å². The van der Waals surface area contributed by atoms with Gasteiger partial charge in [0.05, 0.1) is 0 Å². The fourth-order valence-corrected chi connectivity index (χ4v) is 2.90. The molecule has 3 rings (SSSR count). The van der Waals surface area contributed by atoms with E-state index >= 15 is 0 Å². The molecule has 0 unspecified atom stereocenters. The minimum absolute atomic E-state index is 0.155. The van der Waals surface area contributed by atoms with Gasteiger partial charge in [0, 0.05) is 22.7 Å². The van der Waals surface area contributed by atoms with Gasteiger partial charge >= 0.3 is 0 Å². The van der Waals surface area contributed by atoms with Gasteiger partial charge < -0.3 is 10.1 Å². The first-order valence-corrected chi connectivity index (χ1v) is 9.00. The summed E-state index contributed by atoms with van der Waals surface area (Å²) in [7, 11) is 0. The van der Waals surface area contributed by atoms with Gasteiger partial charge in [-0.15, -0.1) is 0 Å². The van der Waals surface area contributed by atoms with Crippen molar-refractivity contribution in [3.8, 4) is 5.75 Å². The lowest BCUT2D eigenvalue weighted by Crippen LogP contribution is -2.17. The molecule has 26 heavy (non-hydrogen) atoms. The SMILES string of the molecule is Fc1ccccc1CCNCc1ccccc1OCc1ccccc1Cl. The van der Waals surface area contributed by atoms with E-state index in [0.717, 1.165) is 22.4 Å². The van der Waals surface area contributed by atoms with E-state index in [1.54, 1.807) is 6.07 Å². The molecule has 0 aliphatic carbocycles. The summed E-state index contributed by atoms with van der Waals surface area (Å²) in [6.45, 7) is 1.78. The Morgan fingerprint density at radius 3 is 2.23 bits per heavy atom. The molecule has 3 aromatic carbocycles. The summed E-state index contributed by atoms with van der Waals surface area (Å²) in [6, 6.07) is 22.4. The van der Waals surface area contributed by atoms with Crippen molar-refractivity contribution in [1.29, 1.82) is 0 Å². The molecule has 0 heterocycles. The number of halogens is 2. The second kappa shape index (κ2) is 9.37. The van der Waals surface area contributed by atoms with Crippen LogP contribution in [0.2, 0.25) is 5.02 Å². The van der Waals surface area contributed by atoms with Crippen LogP contribution in [0.25, 0.3) is 0 Å². The predicted octanol–water partition coefficient (Wildman–Crippen LogP) is 5.39. The first-order chi connectivity index (χ1) is 12.7. The Hall–Kier alpha value is -2.36. The molecule has 0 atom stereocenters. The van der Waals surface area contributed by atoms with E-state index in [1.165, 1.54) is 6.07 Å². The largest absolute Gasteiger partial charge is 0.489 e. The maximum absolute atomic E-state index is 13.6. The minimum atomic E-state index is -0.155. The second-order valence-electron chi connectivity index (χ2n) is 6.01. The van der Waals surface area contributed by atoms with Crippen molar-refractivity contribution in [2.75, 3.05) is 6.54 Å². The summed E-state index contributed by atoms with van der Waals surface area (Å²) in [6.07, 6.45) is 0.648. The van der Waals surface area contributed by atoms with Crippen molar-refractivity contribution in [2.45, 2.75) is 19.6 Å². The molecule has 0 radical (unpaired) electrons. The fraction of sp³-hybridized carbons (Fsp3) is 0.182. The number of para-hydroxylation sites is 1. The van der Waals surface area contributed by atoms with Crippen LogP contribution in [0, 0.1) is 5.82 Å². The molecule has 134 valence electrons. The minimum Gasteiger partial charge on any atom is -0.489 e. The van der Waals surface area contributed by atoms with Gasteiger partial charge in [-0.1, -0.05) is 66.2 Å². The number of hydrogen-bond donors (Lipinski definition) is 1. The summed E-state index contributed by atoms with van der Waals surface area (Å²) in [5.41, 5.74) is 2.74. The molecular formula is C22H21ClFNO. The lowest BCUT2D eigenvalue weighted by Gasteiger charge is -2.13. The Morgan fingerprint density at radius 1 is 0.808 bits per heavy atom. The molecule has 0 saturated heterocycles. The van der Waals surface area contributed by atoms with Gasteiger partial charge in [-0.05, 0) is 36.7 Å². The van der Waals surface area contributed by atoms with Gasteiger partial charge in [0.25, 0.3) is 0 Å². The van der Waals surface area contributed by atoms with Crippen molar-refractivity contribution in [3.63, 3.8) is 0 Å². The summed E-state index contributed by atoms with van der Waals surface area (Å²) < 4.78 is 19.6.